The third kappa shape index (κ3) is 9.10. The maximum Gasteiger partial charge on any atom is 0.344 e. The molecule has 46 heavy (non-hydrogen) atoms. The van der Waals surface area contributed by atoms with Crippen LogP contribution in [0.5, 0.6) is 5.75 Å². The van der Waals surface area contributed by atoms with E-state index in [1.54, 1.807) is 66.4 Å². The van der Waals surface area contributed by atoms with Crippen LogP contribution in [0.4, 0.5) is 5.69 Å². The number of thioether (sulfide) groups is 1. The predicted octanol–water partition coefficient (Wildman–Crippen LogP) is 7.84. The molecule has 4 aromatic carbocycles. The molecule has 0 aliphatic rings. The van der Waals surface area contributed by atoms with Crippen molar-refractivity contribution in [3.05, 3.63) is 112 Å². The first-order valence-electron chi connectivity index (χ1n) is 14.5. The van der Waals surface area contributed by atoms with Crippen molar-refractivity contribution in [1.29, 1.82) is 0 Å². The van der Waals surface area contributed by atoms with E-state index in [1.165, 1.54) is 12.1 Å². The molecule has 12 heteroatoms. The number of carbonyl (C=O) groups excluding carboxylic acids is 2. The summed E-state index contributed by atoms with van der Waals surface area (Å²) in [7, 11) is -3.49. The number of benzene rings is 4. The predicted molar refractivity (Wildman–Crippen MR) is 184 cm³/mol. The van der Waals surface area contributed by atoms with Crippen molar-refractivity contribution in [2.24, 2.45) is 0 Å². The molecule has 0 fully saturated rings. The van der Waals surface area contributed by atoms with E-state index in [4.69, 9.17) is 21.1 Å². The molecule has 5 rings (SSSR count). The van der Waals surface area contributed by atoms with E-state index in [9.17, 15) is 18.0 Å². The van der Waals surface area contributed by atoms with Crippen LogP contribution < -0.4 is 10.1 Å². The first-order valence-corrected chi connectivity index (χ1v) is 18.3. The number of fused-ring (bicyclic) bond motifs is 1. The number of carbonyl (C=O) groups is 2. The number of amides is 1. The van der Waals surface area contributed by atoms with Crippen LogP contribution in [0, 0.1) is 0 Å². The minimum Gasteiger partial charge on any atom is -0.480 e. The molecule has 8 nitrogen and oxygen atoms in total. The highest BCUT2D eigenvalue weighted by atomic mass is 35.5. The van der Waals surface area contributed by atoms with Crippen molar-refractivity contribution in [2.75, 3.05) is 24.3 Å². The van der Waals surface area contributed by atoms with Crippen molar-refractivity contribution in [1.82, 2.24) is 4.98 Å². The number of para-hydroxylation sites is 1. The summed E-state index contributed by atoms with van der Waals surface area (Å²) in [6, 6.07) is 26.6. The molecule has 0 aliphatic carbocycles. The summed E-state index contributed by atoms with van der Waals surface area (Å²) in [4.78, 5) is 31.2. The van der Waals surface area contributed by atoms with Crippen molar-refractivity contribution < 1.29 is 27.5 Å². The second-order valence-corrected chi connectivity index (χ2v) is 14.9. The maximum absolute atomic E-state index is 13.4. The number of halogens is 1. The van der Waals surface area contributed by atoms with E-state index < -0.39 is 15.8 Å². The average Bonchev–Trinajstić information content (AvgIpc) is 3.47. The standard InChI is InChI=1S/C34H31ClN2O6S3/c1-2-42-33(38)21-43-30-17-12-23(7-6-18-46(40,41)27-15-13-25(35)14-16-27)19-29(30)37-34(39)24-8-5-9-26(20-24)44-22-32-36-28-10-3-4-11-31(28)45-32/h3-5,8-17,19-20H,2,6-7,18,21-22H2,1H3,(H,37,39). The van der Waals surface area contributed by atoms with Gasteiger partial charge >= 0.3 is 5.97 Å². The number of ether oxygens (including phenoxy) is 2. The van der Waals surface area contributed by atoms with Crippen molar-refractivity contribution >= 4 is 72.3 Å². The normalized spacial score (nSPS) is 11.3. The summed E-state index contributed by atoms with van der Waals surface area (Å²) in [6.07, 6.45) is 0.793. The zero-order valence-corrected chi connectivity index (χ0v) is 28.1. The van der Waals surface area contributed by atoms with Gasteiger partial charge in [0.15, 0.2) is 16.4 Å². The summed E-state index contributed by atoms with van der Waals surface area (Å²) in [5, 5.41) is 4.38. The van der Waals surface area contributed by atoms with Crippen molar-refractivity contribution in [3.63, 3.8) is 0 Å². The van der Waals surface area contributed by atoms with Gasteiger partial charge in [-0.25, -0.2) is 18.2 Å². The zero-order valence-electron chi connectivity index (χ0n) is 24.9. The number of aryl methyl sites for hydroxylation is 1. The fourth-order valence-electron chi connectivity index (χ4n) is 4.57. The van der Waals surface area contributed by atoms with E-state index in [0.29, 0.717) is 40.6 Å². The largest absolute Gasteiger partial charge is 0.480 e. The Hall–Kier alpha value is -3.90. The fraction of sp³-hybridized carbons (Fsp3) is 0.206. The highest BCUT2D eigenvalue weighted by molar-refractivity contribution is 7.98. The molecule has 0 radical (unpaired) electrons. The SMILES string of the molecule is CCOC(=O)COc1ccc(CCCS(=O)(=O)c2ccc(Cl)cc2)cc1NC(=O)c1cccc(SCc2nc3ccccc3s2)c1. The Balaban J connectivity index is 1.27. The minimum absolute atomic E-state index is 0.0566. The van der Waals surface area contributed by atoms with E-state index in [1.807, 2.05) is 36.4 Å². The van der Waals surface area contributed by atoms with E-state index in [0.717, 1.165) is 25.7 Å². The number of rotatable bonds is 14. The van der Waals surface area contributed by atoms with Crippen molar-refractivity contribution in [3.8, 4) is 5.75 Å². The number of hydrogen-bond donors (Lipinski definition) is 1. The van der Waals surface area contributed by atoms with Crippen LogP contribution in [0.1, 0.15) is 34.3 Å². The summed E-state index contributed by atoms with van der Waals surface area (Å²) in [5.41, 5.74) is 2.58. The maximum atomic E-state index is 13.4. The van der Waals surface area contributed by atoms with E-state index in [-0.39, 0.29) is 29.8 Å². The monoisotopic (exact) mass is 694 g/mol. The van der Waals surface area contributed by atoms with Gasteiger partial charge in [-0.05, 0) is 92.1 Å². The molecule has 1 N–H and O–H groups in total. The van der Waals surface area contributed by atoms with Gasteiger partial charge in [0.1, 0.15) is 10.8 Å². The molecule has 1 heterocycles. The number of nitrogens with one attached hydrogen (secondary N) is 1. The van der Waals surface area contributed by atoms with Crippen molar-refractivity contribution in [2.45, 2.75) is 35.3 Å². The third-order valence-corrected chi connectivity index (χ3v) is 11.1. The van der Waals surface area contributed by atoms with Gasteiger partial charge in [0, 0.05) is 15.5 Å². The van der Waals surface area contributed by atoms with Crippen LogP contribution in [-0.4, -0.2) is 44.2 Å². The number of sulfone groups is 1. The smallest absolute Gasteiger partial charge is 0.344 e. The summed E-state index contributed by atoms with van der Waals surface area (Å²) < 4.78 is 37.4. The first-order chi connectivity index (χ1) is 22.2. The number of aromatic nitrogens is 1. The van der Waals surface area contributed by atoms with Crippen LogP contribution in [0.2, 0.25) is 5.02 Å². The molecule has 1 amide bonds. The van der Waals surface area contributed by atoms with E-state index >= 15 is 0 Å². The molecular weight excluding hydrogens is 664 g/mol. The lowest BCUT2D eigenvalue weighted by molar-refractivity contribution is -0.145. The van der Waals surface area contributed by atoms with Gasteiger partial charge in [0.25, 0.3) is 5.91 Å². The molecule has 0 saturated heterocycles. The highest BCUT2D eigenvalue weighted by Gasteiger charge is 2.17. The molecule has 0 saturated carbocycles. The van der Waals surface area contributed by atoms with Crippen LogP contribution in [0.25, 0.3) is 10.2 Å². The second-order valence-electron chi connectivity index (χ2n) is 10.1. The first kappa shape index (κ1) is 33.5. The van der Waals surface area contributed by atoms with Crippen LogP contribution in [-0.2, 0) is 31.5 Å². The Morgan fingerprint density at radius 2 is 1.78 bits per heavy atom. The molecule has 5 aromatic rings. The van der Waals surface area contributed by atoms with E-state index in [2.05, 4.69) is 16.4 Å². The Bertz CT molecular complexity index is 1910. The number of nitrogens with zero attached hydrogens (tertiary/aromatic N) is 1. The molecule has 0 bridgehead atoms. The number of thiazole rings is 1. The lowest BCUT2D eigenvalue weighted by atomic mass is 10.1. The van der Waals surface area contributed by atoms with Crippen LogP contribution in [0.3, 0.4) is 0 Å². The highest BCUT2D eigenvalue weighted by Crippen LogP contribution is 2.31. The van der Waals surface area contributed by atoms with Gasteiger partial charge in [0.2, 0.25) is 0 Å². The molecule has 1 aromatic heterocycles. The minimum atomic E-state index is -3.49. The number of hydrogen-bond acceptors (Lipinski definition) is 9. The molecule has 238 valence electrons. The quantitative estimate of drug-likeness (QED) is 0.0925. The summed E-state index contributed by atoms with van der Waals surface area (Å²) >= 11 is 9.14. The fourth-order valence-corrected chi connectivity index (χ4v) is 7.92. The Morgan fingerprint density at radius 3 is 2.57 bits per heavy atom. The Labute approximate surface area is 281 Å². The summed E-state index contributed by atoms with van der Waals surface area (Å²) in [6.45, 7) is 1.60. The van der Waals surface area contributed by atoms with Crippen LogP contribution >= 0.6 is 34.7 Å². The molecule has 0 unspecified atom stereocenters. The lowest BCUT2D eigenvalue weighted by Crippen LogP contribution is -2.17. The average molecular weight is 695 g/mol. The Kier molecular flexibility index (Phi) is 11.3. The van der Waals surface area contributed by atoms with Crippen LogP contribution in [0.15, 0.2) is 101 Å². The van der Waals surface area contributed by atoms with Gasteiger partial charge in [-0.3, -0.25) is 4.79 Å². The zero-order chi connectivity index (χ0) is 32.5. The van der Waals surface area contributed by atoms with Gasteiger partial charge in [-0.2, -0.15) is 0 Å². The third-order valence-electron chi connectivity index (χ3n) is 6.79. The Morgan fingerprint density at radius 1 is 0.978 bits per heavy atom. The number of esters is 1. The second kappa shape index (κ2) is 15.6. The summed E-state index contributed by atoms with van der Waals surface area (Å²) in [5.74, 6) is 0.0191. The topological polar surface area (TPSA) is 112 Å². The molecule has 0 atom stereocenters. The van der Waals surface area contributed by atoms with Gasteiger partial charge in [-0.1, -0.05) is 35.9 Å². The number of anilines is 1. The van der Waals surface area contributed by atoms with Gasteiger partial charge < -0.3 is 14.8 Å². The molecular formula is C34H31ClN2O6S3. The van der Waals surface area contributed by atoms with Gasteiger partial charge in [0.05, 0.1) is 38.9 Å². The lowest BCUT2D eigenvalue weighted by Gasteiger charge is -2.14. The van der Waals surface area contributed by atoms with Gasteiger partial charge in [-0.15, -0.1) is 23.1 Å². The molecule has 0 aliphatic heterocycles. The molecule has 0 spiro atoms.